The topological polar surface area (TPSA) is 40.1 Å². The largest absolute Gasteiger partial charge is 0.411 e. The average Bonchev–Trinajstić information content (AvgIpc) is 1.64. The summed E-state index contributed by atoms with van der Waals surface area (Å²) in [5.74, 6) is 0. The third kappa shape index (κ3) is 3.31. The van der Waals surface area contributed by atoms with Crippen molar-refractivity contribution in [2.24, 2.45) is 0 Å². The highest BCUT2D eigenvalue weighted by atomic mass is 19.3. The van der Waals surface area contributed by atoms with Crippen LogP contribution in [0.25, 0.3) is 0 Å². The summed E-state index contributed by atoms with van der Waals surface area (Å²) >= 11 is 0. The molecule has 0 spiro atoms. The molecule has 0 aliphatic rings. The van der Waals surface area contributed by atoms with E-state index in [1.807, 2.05) is 0 Å². The molecule has 1 radical (unpaired) electrons. The molecule has 0 saturated carbocycles. The average molecular weight is 143 g/mol. The fraction of sp³-hybridized carbons (Fsp3) is 1.00. The Hall–Kier alpha value is -0.290. The summed E-state index contributed by atoms with van der Waals surface area (Å²) in [6.45, 7) is -0.737. The van der Waals surface area contributed by atoms with Crippen LogP contribution in [0.3, 0.4) is 0 Å². The minimum absolute atomic E-state index is 0.737. The molecule has 55 valence electrons. The van der Waals surface area contributed by atoms with Gasteiger partial charge in [0.1, 0.15) is 0 Å². The van der Waals surface area contributed by atoms with Gasteiger partial charge in [0.05, 0.1) is 0 Å². The number of alkyl halides is 3. The third-order valence-electron chi connectivity index (χ3n) is 0.747. The predicted octanol–water partition coefficient (Wildman–Crippen LogP) is 0.730. The van der Waals surface area contributed by atoms with Gasteiger partial charge < -0.3 is 5.11 Å². The van der Waals surface area contributed by atoms with Crippen LogP contribution >= 0.6 is 0 Å². The maximum atomic E-state index is 11.7. The second-order valence-electron chi connectivity index (χ2n) is 1.54. The van der Waals surface area contributed by atoms with Gasteiger partial charge in [0.25, 0.3) is 0 Å². The van der Waals surface area contributed by atoms with Gasteiger partial charge in [-0.25, -0.2) is 4.39 Å². The molecule has 1 N–H and O–H groups in total. The van der Waals surface area contributed by atoms with Gasteiger partial charge >= 0.3 is 6.11 Å². The normalized spacial score (nSPS) is 15.7. The Morgan fingerprint density at radius 2 is 2.00 bits per heavy atom. The summed E-state index contributed by atoms with van der Waals surface area (Å²) in [4.78, 5) is 0. The zero-order valence-corrected chi connectivity index (χ0v) is 4.48. The second-order valence-corrected chi connectivity index (χ2v) is 1.54. The smallest absolute Gasteiger partial charge is 0.396 e. The van der Waals surface area contributed by atoms with Crippen molar-refractivity contribution in [1.29, 1.82) is 0 Å². The van der Waals surface area contributed by atoms with Crippen LogP contribution in [0.4, 0.5) is 13.2 Å². The molecule has 2 nitrogen and oxygen atoms in total. The summed E-state index contributed by atoms with van der Waals surface area (Å²) in [5.41, 5.74) is 0. The minimum atomic E-state index is -4.57. The molecule has 0 aromatic heterocycles. The summed E-state index contributed by atoms with van der Waals surface area (Å²) in [5, 5.41) is 17.3. The molecule has 0 saturated heterocycles. The molecule has 0 aliphatic heterocycles. The maximum absolute atomic E-state index is 11.7. The number of halogens is 3. The number of aliphatic hydroxyl groups excluding tert-OH is 1. The van der Waals surface area contributed by atoms with Crippen LogP contribution in [-0.4, -0.2) is 24.0 Å². The van der Waals surface area contributed by atoms with E-state index in [2.05, 4.69) is 0 Å². The molecule has 1 atom stereocenters. The Balaban J connectivity index is 3.59. The van der Waals surface area contributed by atoms with Crippen molar-refractivity contribution in [3.05, 3.63) is 0 Å². The fourth-order valence-corrected chi connectivity index (χ4v) is 0.281. The third-order valence-corrected chi connectivity index (χ3v) is 0.747. The Bertz CT molecular complexity index is 80.4. The maximum Gasteiger partial charge on any atom is 0.411 e. The number of hydrogen-bond donors (Lipinski definition) is 1. The van der Waals surface area contributed by atoms with Gasteiger partial charge in [0.15, 0.2) is 6.17 Å². The van der Waals surface area contributed by atoms with Gasteiger partial charge in [-0.3, -0.25) is 0 Å². The van der Waals surface area contributed by atoms with Gasteiger partial charge in [-0.2, -0.15) is 13.9 Å². The molecule has 0 amide bonds. The monoisotopic (exact) mass is 143 g/mol. The summed E-state index contributed by atoms with van der Waals surface area (Å²) in [6, 6.07) is 0. The Labute approximate surface area is 49.9 Å². The van der Waals surface area contributed by atoms with Crippen molar-refractivity contribution < 1.29 is 23.4 Å². The van der Waals surface area contributed by atoms with Gasteiger partial charge in [0, 0.05) is 13.0 Å². The minimum Gasteiger partial charge on any atom is -0.396 e. The van der Waals surface area contributed by atoms with E-state index < -0.39 is 25.3 Å². The lowest BCUT2D eigenvalue weighted by Gasteiger charge is -2.09. The van der Waals surface area contributed by atoms with Crippen LogP contribution in [0.1, 0.15) is 6.42 Å². The molecule has 9 heavy (non-hydrogen) atoms. The first-order valence-electron chi connectivity index (χ1n) is 2.31. The first-order valence-corrected chi connectivity index (χ1v) is 2.31. The number of rotatable bonds is 3. The van der Waals surface area contributed by atoms with E-state index in [4.69, 9.17) is 5.11 Å². The van der Waals surface area contributed by atoms with Crippen LogP contribution in [0.5, 0.6) is 0 Å². The molecular weight excluding hydrogens is 137 g/mol. The van der Waals surface area contributed by atoms with E-state index in [1.54, 1.807) is 0 Å². The molecular formula is C4H6F3O2. The van der Waals surface area contributed by atoms with E-state index in [9.17, 15) is 18.3 Å². The zero-order chi connectivity index (χ0) is 7.49. The van der Waals surface area contributed by atoms with Crippen molar-refractivity contribution in [3.8, 4) is 0 Å². The molecule has 0 aliphatic carbocycles. The molecule has 0 aromatic rings. The lowest BCUT2D eigenvalue weighted by Crippen LogP contribution is -2.28. The number of aliphatic hydroxyl groups is 1. The lowest BCUT2D eigenvalue weighted by molar-refractivity contribution is -0.279. The van der Waals surface area contributed by atoms with Crippen molar-refractivity contribution in [3.63, 3.8) is 0 Å². The van der Waals surface area contributed by atoms with Gasteiger partial charge in [-0.1, -0.05) is 0 Å². The summed E-state index contributed by atoms with van der Waals surface area (Å²) in [7, 11) is 0. The predicted molar refractivity (Wildman–Crippen MR) is 22.2 cm³/mol. The van der Waals surface area contributed by atoms with Crippen molar-refractivity contribution in [2.45, 2.75) is 18.7 Å². The quantitative estimate of drug-likeness (QED) is 0.621. The Morgan fingerprint density at radius 3 is 2.11 bits per heavy atom. The van der Waals surface area contributed by atoms with Crippen LogP contribution < -0.4 is 0 Å². The molecule has 1 unspecified atom stereocenters. The van der Waals surface area contributed by atoms with Gasteiger partial charge in [-0.05, 0) is 0 Å². The Morgan fingerprint density at radius 1 is 1.56 bits per heavy atom. The van der Waals surface area contributed by atoms with Crippen molar-refractivity contribution >= 4 is 0 Å². The zero-order valence-electron chi connectivity index (χ0n) is 4.48. The number of hydrogen-bond acceptors (Lipinski definition) is 1. The summed E-state index contributed by atoms with van der Waals surface area (Å²) < 4.78 is 34.2. The summed E-state index contributed by atoms with van der Waals surface area (Å²) in [6.07, 6.45) is -8.15. The molecule has 0 heterocycles. The molecule has 5 heteroatoms. The Kier molecular flexibility index (Phi) is 2.93. The van der Waals surface area contributed by atoms with E-state index in [0.717, 1.165) is 0 Å². The lowest BCUT2D eigenvalue weighted by atomic mass is 10.3. The van der Waals surface area contributed by atoms with E-state index >= 15 is 0 Å². The van der Waals surface area contributed by atoms with E-state index in [0.29, 0.717) is 0 Å². The molecule has 0 aromatic carbocycles. The van der Waals surface area contributed by atoms with Crippen LogP contribution in [-0.2, 0) is 5.11 Å². The van der Waals surface area contributed by atoms with E-state index in [-0.39, 0.29) is 0 Å². The SMILES string of the molecule is [O]C(F)(F)C(F)CCO. The first kappa shape index (κ1) is 8.71. The van der Waals surface area contributed by atoms with Crippen LogP contribution in [0.2, 0.25) is 0 Å². The second kappa shape index (κ2) is 3.03. The standard InChI is InChI=1S/C4H6F3O2/c5-3(1-2-8)4(6,7)9/h3,8H,1-2H2. The van der Waals surface area contributed by atoms with Crippen molar-refractivity contribution in [1.82, 2.24) is 0 Å². The molecule has 0 fully saturated rings. The molecule has 0 rings (SSSR count). The highest BCUT2D eigenvalue weighted by molar-refractivity contribution is 4.62. The highest BCUT2D eigenvalue weighted by Crippen LogP contribution is 2.20. The van der Waals surface area contributed by atoms with Gasteiger partial charge in [-0.15, -0.1) is 0 Å². The first-order chi connectivity index (χ1) is 3.98. The molecule has 0 bridgehead atoms. The van der Waals surface area contributed by atoms with Gasteiger partial charge in [0.2, 0.25) is 0 Å². The highest BCUT2D eigenvalue weighted by Gasteiger charge is 2.38. The van der Waals surface area contributed by atoms with Crippen LogP contribution in [0, 0.1) is 0 Å². The van der Waals surface area contributed by atoms with Crippen molar-refractivity contribution in [2.75, 3.05) is 6.61 Å². The fourth-order valence-electron chi connectivity index (χ4n) is 0.281. The van der Waals surface area contributed by atoms with Crippen LogP contribution in [0.15, 0.2) is 0 Å². The van der Waals surface area contributed by atoms with E-state index in [1.165, 1.54) is 0 Å².